The SMILES string of the molecule is CCCN(C)CCC/C(N)=N/O. The van der Waals surface area contributed by atoms with Gasteiger partial charge in [-0.2, -0.15) is 0 Å². The van der Waals surface area contributed by atoms with Crippen molar-refractivity contribution >= 4 is 5.84 Å². The minimum absolute atomic E-state index is 0.319. The van der Waals surface area contributed by atoms with E-state index in [4.69, 9.17) is 10.9 Å². The Morgan fingerprint density at radius 3 is 2.67 bits per heavy atom. The first kappa shape index (κ1) is 11.2. The largest absolute Gasteiger partial charge is 0.409 e. The highest BCUT2D eigenvalue weighted by Crippen LogP contribution is 1.93. The fourth-order valence-corrected chi connectivity index (χ4v) is 1.07. The number of nitrogens with zero attached hydrogens (tertiary/aromatic N) is 2. The third-order valence-corrected chi connectivity index (χ3v) is 1.71. The smallest absolute Gasteiger partial charge is 0.139 e. The molecule has 0 aliphatic carbocycles. The molecule has 0 rings (SSSR count). The molecule has 0 aromatic heterocycles. The number of amidine groups is 1. The van der Waals surface area contributed by atoms with E-state index in [2.05, 4.69) is 24.0 Å². The van der Waals surface area contributed by atoms with E-state index in [0.29, 0.717) is 12.3 Å². The summed E-state index contributed by atoms with van der Waals surface area (Å²) in [5.41, 5.74) is 5.31. The predicted molar refractivity (Wildman–Crippen MR) is 50.4 cm³/mol. The normalized spacial score (nSPS) is 12.4. The molecule has 0 bridgehead atoms. The van der Waals surface area contributed by atoms with E-state index < -0.39 is 0 Å². The van der Waals surface area contributed by atoms with Crippen molar-refractivity contribution in [1.29, 1.82) is 0 Å². The van der Waals surface area contributed by atoms with Crippen LogP contribution in [0.15, 0.2) is 5.16 Å². The molecule has 0 atom stereocenters. The lowest BCUT2D eigenvalue weighted by Crippen LogP contribution is -2.22. The van der Waals surface area contributed by atoms with Crippen LogP contribution in [0, 0.1) is 0 Å². The van der Waals surface area contributed by atoms with Gasteiger partial charge in [0, 0.05) is 6.42 Å². The summed E-state index contributed by atoms with van der Waals surface area (Å²) in [6.07, 6.45) is 2.79. The van der Waals surface area contributed by atoms with Gasteiger partial charge < -0.3 is 15.8 Å². The summed E-state index contributed by atoms with van der Waals surface area (Å²) in [4.78, 5) is 2.24. The van der Waals surface area contributed by atoms with E-state index in [1.165, 1.54) is 6.42 Å². The summed E-state index contributed by atoms with van der Waals surface area (Å²) in [7, 11) is 2.08. The zero-order valence-corrected chi connectivity index (χ0v) is 7.95. The monoisotopic (exact) mass is 173 g/mol. The van der Waals surface area contributed by atoms with Crippen molar-refractivity contribution in [2.45, 2.75) is 26.2 Å². The van der Waals surface area contributed by atoms with Crippen molar-refractivity contribution in [3.63, 3.8) is 0 Å². The fraction of sp³-hybridized carbons (Fsp3) is 0.875. The first-order valence-electron chi connectivity index (χ1n) is 4.35. The maximum atomic E-state index is 8.25. The lowest BCUT2D eigenvalue weighted by atomic mass is 10.3. The van der Waals surface area contributed by atoms with Gasteiger partial charge in [-0.15, -0.1) is 0 Å². The quantitative estimate of drug-likeness (QED) is 0.271. The van der Waals surface area contributed by atoms with Gasteiger partial charge in [-0.25, -0.2) is 0 Å². The Bertz CT molecular complexity index is 136. The van der Waals surface area contributed by atoms with Crippen LogP contribution in [0.25, 0.3) is 0 Å². The Hall–Kier alpha value is -0.770. The second kappa shape index (κ2) is 6.91. The van der Waals surface area contributed by atoms with Gasteiger partial charge in [-0.1, -0.05) is 12.1 Å². The number of hydrogen-bond donors (Lipinski definition) is 2. The standard InChI is InChI=1S/C8H19N3O/c1-3-6-11(2)7-4-5-8(9)10-12/h12H,3-7H2,1-2H3,(H2,9,10). The summed E-state index contributed by atoms with van der Waals surface area (Å²) in [6, 6.07) is 0. The van der Waals surface area contributed by atoms with Gasteiger partial charge in [0.2, 0.25) is 0 Å². The highest BCUT2D eigenvalue weighted by atomic mass is 16.4. The van der Waals surface area contributed by atoms with Crippen molar-refractivity contribution in [3.05, 3.63) is 0 Å². The zero-order valence-electron chi connectivity index (χ0n) is 7.95. The summed E-state index contributed by atoms with van der Waals surface area (Å²) in [5, 5.41) is 11.2. The highest BCUT2D eigenvalue weighted by Gasteiger charge is 1.97. The highest BCUT2D eigenvalue weighted by molar-refractivity contribution is 5.79. The van der Waals surface area contributed by atoms with Crippen LogP contribution in [0.4, 0.5) is 0 Å². The van der Waals surface area contributed by atoms with Crippen molar-refractivity contribution in [2.75, 3.05) is 20.1 Å². The van der Waals surface area contributed by atoms with E-state index in [0.717, 1.165) is 19.5 Å². The van der Waals surface area contributed by atoms with Crippen LogP contribution in [-0.2, 0) is 0 Å². The molecule has 12 heavy (non-hydrogen) atoms. The van der Waals surface area contributed by atoms with Crippen molar-refractivity contribution in [2.24, 2.45) is 10.9 Å². The molecule has 4 nitrogen and oxygen atoms in total. The van der Waals surface area contributed by atoms with E-state index in [1.807, 2.05) is 0 Å². The molecular weight excluding hydrogens is 154 g/mol. The average molecular weight is 173 g/mol. The second-order valence-corrected chi connectivity index (χ2v) is 3.00. The summed E-state index contributed by atoms with van der Waals surface area (Å²) < 4.78 is 0. The van der Waals surface area contributed by atoms with Crippen LogP contribution in [0.5, 0.6) is 0 Å². The molecule has 0 aromatic rings. The molecule has 0 unspecified atom stereocenters. The molecule has 0 saturated heterocycles. The van der Waals surface area contributed by atoms with Crippen LogP contribution in [0.1, 0.15) is 26.2 Å². The van der Waals surface area contributed by atoms with Gasteiger partial charge in [0.05, 0.1) is 0 Å². The molecule has 4 heteroatoms. The number of hydrogen-bond acceptors (Lipinski definition) is 3. The van der Waals surface area contributed by atoms with Gasteiger partial charge >= 0.3 is 0 Å². The van der Waals surface area contributed by atoms with Crippen molar-refractivity contribution in [3.8, 4) is 0 Å². The summed E-state index contributed by atoms with van der Waals surface area (Å²) in [6.45, 7) is 4.26. The average Bonchev–Trinajstić information content (AvgIpc) is 2.04. The topological polar surface area (TPSA) is 61.8 Å². The van der Waals surface area contributed by atoms with E-state index in [1.54, 1.807) is 0 Å². The van der Waals surface area contributed by atoms with Crippen LogP contribution < -0.4 is 5.73 Å². The number of nitrogens with two attached hydrogens (primary N) is 1. The molecule has 0 amide bonds. The van der Waals surface area contributed by atoms with E-state index >= 15 is 0 Å². The Balaban J connectivity index is 3.30. The first-order valence-corrected chi connectivity index (χ1v) is 4.35. The molecule has 0 heterocycles. The number of oxime groups is 1. The lowest BCUT2D eigenvalue weighted by Gasteiger charge is -2.14. The molecule has 0 spiro atoms. The van der Waals surface area contributed by atoms with Crippen LogP contribution in [0.3, 0.4) is 0 Å². The maximum Gasteiger partial charge on any atom is 0.139 e. The van der Waals surface area contributed by atoms with Crippen LogP contribution >= 0.6 is 0 Å². The van der Waals surface area contributed by atoms with E-state index in [9.17, 15) is 0 Å². The van der Waals surface area contributed by atoms with Crippen LogP contribution in [-0.4, -0.2) is 36.1 Å². The van der Waals surface area contributed by atoms with Gasteiger partial charge in [-0.3, -0.25) is 0 Å². The third-order valence-electron chi connectivity index (χ3n) is 1.71. The Labute approximate surface area is 74.0 Å². The van der Waals surface area contributed by atoms with Gasteiger partial charge in [0.25, 0.3) is 0 Å². The maximum absolute atomic E-state index is 8.25. The minimum Gasteiger partial charge on any atom is -0.409 e. The van der Waals surface area contributed by atoms with Gasteiger partial charge in [0.15, 0.2) is 0 Å². The third kappa shape index (κ3) is 5.97. The molecule has 3 N–H and O–H groups in total. The lowest BCUT2D eigenvalue weighted by molar-refractivity contribution is 0.313. The van der Waals surface area contributed by atoms with Crippen molar-refractivity contribution < 1.29 is 5.21 Å². The summed E-state index contributed by atoms with van der Waals surface area (Å²) >= 11 is 0. The molecule has 0 aromatic carbocycles. The fourth-order valence-electron chi connectivity index (χ4n) is 1.07. The van der Waals surface area contributed by atoms with Gasteiger partial charge in [0.1, 0.15) is 5.84 Å². The summed E-state index contributed by atoms with van der Waals surface area (Å²) in [5.74, 6) is 0.319. The van der Waals surface area contributed by atoms with Gasteiger partial charge in [-0.05, 0) is 33.0 Å². The minimum atomic E-state index is 0.319. The second-order valence-electron chi connectivity index (χ2n) is 3.00. The Morgan fingerprint density at radius 1 is 1.50 bits per heavy atom. The van der Waals surface area contributed by atoms with Crippen LogP contribution in [0.2, 0.25) is 0 Å². The molecule has 72 valence electrons. The zero-order chi connectivity index (χ0) is 9.40. The first-order chi connectivity index (χ1) is 5.70. The molecule has 0 aliphatic heterocycles. The molecule has 0 aliphatic rings. The predicted octanol–water partition coefficient (Wildman–Crippen LogP) is 0.855. The molecule has 0 radical (unpaired) electrons. The number of rotatable bonds is 6. The molecule has 0 saturated carbocycles. The Kier molecular flexibility index (Phi) is 6.47. The van der Waals surface area contributed by atoms with E-state index in [-0.39, 0.29) is 0 Å². The molecule has 0 fully saturated rings. The van der Waals surface area contributed by atoms with Crippen molar-refractivity contribution in [1.82, 2.24) is 4.90 Å². The Morgan fingerprint density at radius 2 is 2.17 bits per heavy atom. The molecular formula is C8H19N3O.